The van der Waals surface area contributed by atoms with Gasteiger partial charge in [-0.3, -0.25) is 0 Å². The first-order chi connectivity index (χ1) is 25.3. The number of rotatable bonds is 3. The first-order valence-electron chi connectivity index (χ1n) is 17.6. The van der Waals surface area contributed by atoms with E-state index in [1.807, 2.05) is 0 Å². The van der Waals surface area contributed by atoms with Crippen molar-refractivity contribution in [1.29, 1.82) is 0 Å². The van der Waals surface area contributed by atoms with Crippen LogP contribution in [0.25, 0.3) is 55.3 Å². The van der Waals surface area contributed by atoms with E-state index in [0.717, 1.165) is 33.6 Å². The Hall–Kier alpha value is -6.64. The van der Waals surface area contributed by atoms with Crippen LogP contribution in [0.5, 0.6) is 0 Å². The molecule has 1 atom stereocenters. The normalized spacial score (nSPS) is 15.1. The molecule has 11 rings (SSSR count). The van der Waals surface area contributed by atoms with Gasteiger partial charge in [0.25, 0.3) is 0 Å². The molecule has 9 aromatic rings. The maximum absolute atomic E-state index is 6.52. The monoisotopic (exact) mass is 649 g/mol. The Labute approximate surface area is 296 Å². The minimum Gasteiger partial charge on any atom is -0.456 e. The van der Waals surface area contributed by atoms with Gasteiger partial charge in [-0.15, -0.1) is 0 Å². The number of hydrogen-bond donors (Lipinski definition) is 0. The van der Waals surface area contributed by atoms with Gasteiger partial charge in [-0.25, -0.2) is 0 Å². The zero-order chi connectivity index (χ0) is 33.5. The van der Waals surface area contributed by atoms with E-state index in [4.69, 9.17) is 4.42 Å². The SMILES string of the molecule is c1ccc(N(c2ccccc2)c2ccc3c(c2)C2(c4ccccc4-c4ccccc4-3)c3ccccc3-c3c2ccc2oc4ccccc4c32)cc1. The molecule has 1 unspecified atom stereocenters. The molecule has 2 heteroatoms. The lowest BCUT2D eigenvalue weighted by atomic mass is 9.65. The van der Waals surface area contributed by atoms with Gasteiger partial charge in [0, 0.05) is 27.8 Å². The molecule has 0 saturated heterocycles. The van der Waals surface area contributed by atoms with Crippen molar-refractivity contribution in [3.05, 3.63) is 210 Å². The third kappa shape index (κ3) is 3.82. The number of benzene rings is 8. The summed E-state index contributed by atoms with van der Waals surface area (Å²) in [6.45, 7) is 0. The van der Waals surface area contributed by atoms with E-state index in [0.29, 0.717) is 0 Å². The van der Waals surface area contributed by atoms with Crippen LogP contribution in [0.15, 0.2) is 192 Å². The molecule has 0 radical (unpaired) electrons. The van der Waals surface area contributed by atoms with Crippen LogP contribution in [0.1, 0.15) is 22.3 Å². The van der Waals surface area contributed by atoms with Crippen molar-refractivity contribution >= 4 is 39.0 Å². The Balaban J connectivity index is 1.33. The second kappa shape index (κ2) is 10.7. The molecule has 0 aliphatic heterocycles. The standard InChI is InChI=1S/C49H31NO/c1-3-15-32(16-4-1)50(33-17-5-2-6-18-33)34-27-28-38-36-20-8-7-19-35(36)37-21-9-12-24-41(37)49(44(38)31-34)42-25-13-10-22-39(42)47-43(49)29-30-46-48(47)40-23-11-14-26-45(40)51-46/h1-31H. The first-order valence-corrected chi connectivity index (χ1v) is 17.6. The van der Waals surface area contributed by atoms with Crippen LogP contribution in [0.2, 0.25) is 0 Å². The maximum Gasteiger partial charge on any atom is 0.136 e. The lowest BCUT2D eigenvalue weighted by Gasteiger charge is -2.36. The molecular weight excluding hydrogens is 619 g/mol. The minimum absolute atomic E-state index is 0.613. The van der Waals surface area contributed by atoms with Gasteiger partial charge in [0.1, 0.15) is 11.2 Å². The Kier molecular flexibility index (Phi) is 5.91. The van der Waals surface area contributed by atoms with Gasteiger partial charge in [-0.2, -0.15) is 0 Å². The average molecular weight is 650 g/mol. The number of nitrogens with zero attached hydrogens (tertiary/aromatic N) is 1. The van der Waals surface area contributed by atoms with Crippen molar-refractivity contribution in [3.8, 4) is 33.4 Å². The van der Waals surface area contributed by atoms with E-state index < -0.39 is 5.41 Å². The highest BCUT2D eigenvalue weighted by atomic mass is 16.3. The molecule has 238 valence electrons. The van der Waals surface area contributed by atoms with Crippen LogP contribution in [0.4, 0.5) is 17.1 Å². The van der Waals surface area contributed by atoms with Crippen LogP contribution in [0, 0.1) is 0 Å². The van der Waals surface area contributed by atoms with Crippen LogP contribution >= 0.6 is 0 Å². The van der Waals surface area contributed by atoms with Crippen molar-refractivity contribution in [3.63, 3.8) is 0 Å². The second-order valence-electron chi connectivity index (χ2n) is 13.6. The topological polar surface area (TPSA) is 16.4 Å². The Bertz CT molecular complexity index is 2770. The highest BCUT2D eigenvalue weighted by Gasteiger charge is 2.50. The summed E-state index contributed by atoms with van der Waals surface area (Å²) in [5, 5.41) is 2.33. The number of furan rings is 1. The fourth-order valence-electron chi connectivity index (χ4n) is 9.12. The Morgan fingerprint density at radius 2 is 0.902 bits per heavy atom. The second-order valence-corrected chi connectivity index (χ2v) is 13.6. The summed E-state index contributed by atoms with van der Waals surface area (Å²) < 4.78 is 6.52. The quantitative estimate of drug-likeness (QED) is 0.189. The molecule has 2 aliphatic carbocycles. The molecule has 1 aromatic heterocycles. The van der Waals surface area contributed by atoms with Gasteiger partial charge in [0.2, 0.25) is 0 Å². The Morgan fingerprint density at radius 1 is 0.353 bits per heavy atom. The molecule has 0 saturated carbocycles. The van der Waals surface area contributed by atoms with Crippen molar-refractivity contribution < 1.29 is 4.42 Å². The summed E-state index contributed by atoms with van der Waals surface area (Å²) in [4.78, 5) is 2.38. The molecule has 1 spiro atoms. The van der Waals surface area contributed by atoms with E-state index in [-0.39, 0.29) is 0 Å². The number of para-hydroxylation sites is 3. The van der Waals surface area contributed by atoms with Crippen LogP contribution < -0.4 is 4.90 Å². The number of hydrogen-bond acceptors (Lipinski definition) is 2. The molecule has 0 fully saturated rings. The predicted octanol–water partition coefficient (Wildman–Crippen LogP) is 13.1. The zero-order valence-corrected chi connectivity index (χ0v) is 27.8. The van der Waals surface area contributed by atoms with Crippen LogP contribution in [-0.2, 0) is 5.41 Å². The summed E-state index contributed by atoms with van der Waals surface area (Å²) in [7, 11) is 0. The molecule has 0 bridgehead atoms. The third-order valence-electron chi connectivity index (χ3n) is 11.1. The van der Waals surface area contributed by atoms with Gasteiger partial charge < -0.3 is 9.32 Å². The maximum atomic E-state index is 6.52. The summed E-state index contributed by atoms with van der Waals surface area (Å²) in [6, 6.07) is 68.6. The van der Waals surface area contributed by atoms with Gasteiger partial charge in [0.05, 0.1) is 5.41 Å². The van der Waals surface area contributed by atoms with Gasteiger partial charge in [-0.1, -0.05) is 140 Å². The minimum atomic E-state index is -0.613. The van der Waals surface area contributed by atoms with Gasteiger partial charge in [0.15, 0.2) is 0 Å². The van der Waals surface area contributed by atoms with Crippen LogP contribution in [-0.4, -0.2) is 0 Å². The number of anilines is 3. The highest BCUT2D eigenvalue weighted by Crippen LogP contribution is 2.63. The molecular formula is C49H31NO. The van der Waals surface area contributed by atoms with E-state index in [1.54, 1.807) is 0 Å². The van der Waals surface area contributed by atoms with Crippen molar-refractivity contribution in [2.45, 2.75) is 5.41 Å². The molecule has 2 aliphatic rings. The lowest BCUT2D eigenvalue weighted by Crippen LogP contribution is -2.29. The molecule has 51 heavy (non-hydrogen) atoms. The van der Waals surface area contributed by atoms with E-state index in [9.17, 15) is 0 Å². The van der Waals surface area contributed by atoms with E-state index in [2.05, 4.69) is 193 Å². The molecule has 0 N–H and O–H groups in total. The Morgan fingerprint density at radius 3 is 1.61 bits per heavy atom. The van der Waals surface area contributed by atoms with Crippen molar-refractivity contribution in [2.75, 3.05) is 4.90 Å². The molecule has 8 aromatic carbocycles. The lowest BCUT2D eigenvalue weighted by molar-refractivity contribution is 0.668. The summed E-state index contributed by atoms with van der Waals surface area (Å²) in [5.74, 6) is 0. The molecule has 2 nitrogen and oxygen atoms in total. The van der Waals surface area contributed by atoms with Crippen molar-refractivity contribution in [2.24, 2.45) is 0 Å². The first kappa shape index (κ1) is 28.2. The van der Waals surface area contributed by atoms with Gasteiger partial charge in [-0.05, 0) is 104 Å². The van der Waals surface area contributed by atoms with E-state index >= 15 is 0 Å². The number of fused-ring (bicyclic) bond motifs is 16. The van der Waals surface area contributed by atoms with Gasteiger partial charge >= 0.3 is 0 Å². The molecule has 0 amide bonds. The fourth-order valence-corrected chi connectivity index (χ4v) is 9.12. The zero-order valence-electron chi connectivity index (χ0n) is 27.8. The van der Waals surface area contributed by atoms with Crippen molar-refractivity contribution in [1.82, 2.24) is 0 Å². The van der Waals surface area contributed by atoms with E-state index in [1.165, 1.54) is 61.0 Å². The summed E-state index contributed by atoms with van der Waals surface area (Å²) >= 11 is 0. The summed E-state index contributed by atoms with van der Waals surface area (Å²) in [5.41, 5.74) is 17.2. The summed E-state index contributed by atoms with van der Waals surface area (Å²) in [6.07, 6.45) is 0. The molecule has 1 heterocycles. The smallest absolute Gasteiger partial charge is 0.136 e. The third-order valence-corrected chi connectivity index (χ3v) is 11.1. The largest absolute Gasteiger partial charge is 0.456 e. The predicted molar refractivity (Wildman–Crippen MR) is 210 cm³/mol. The average Bonchev–Trinajstić information content (AvgIpc) is 3.69. The fraction of sp³-hybridized carbons (Fsp3) is 0.0204. The highest BCUT2D eigenvalue weighted by molar-refractivity contribution is 6.16. The van der Waals surface area contributed by atoms with Crippen LogP contribution in [0.3, 0.4) is 0 Å².